The van der Waals surface area contributed by atoms with Crippen molar-refractivity contribution in [1.82, 2.24) is 5.32 Å². The largest absolute Gasteiger partial charge is 0.464 e. The number of amides is 1. The lowest BCUT2D eigenvalue weighted by molar-refractivity contribution is -0.372. The van der Waals surface area contributed by atoms with Crippen LogP contribution in [0.5, 0.6) is 0 Å². The van der Waals surface area contributed by atoms with E-state index in [9.17, 15) is 22.8 Å². The zero-order chi connectivity index (χ0) is 20.1. The number of alkyl halides is 3. The van der Waals surface area contributed by atoms with Gasteiger partial charge in [-0.05, 0) is 32.0 Å². The number of H-pyrrole nitrogens is 1. The Morgan fingerprint density at radius 2 is 1.74 bits per heavy atom. The highest BCUT2D eigenvalue weighted by Gasteiger charge is 2.67. The number of ether oxygens (including phenoxy) is 1. The first-order valence-corrected chi connectivity index (χ1v) is 8.08. The quantitative estimate of drug-likeness (QED) is 0.594. The Balaban J connectivity index is 2.50. The maximum Gasteiger partial charge on any atom is 0.464 e. The fourth-order valence-electron chi connectivity index (χ4n) is 2.32. The number of anilines is 1. The smallest absolute Gasteiger partial charge is 0.461 e. The van der Waals surface area contributed by atoms with Gasteiger partial charge in [0.2, 0.25) is 0 Å². The SMILES string of the molecule is CCOC(=O)[C@](NC(=O)c1ccccc1)(Nc1cccc(C)[nH+]1)C(F)(F)F. The number of carbonyl (C=O) groups excluding carboxylic acids is 2. The highest BCUT2D eigenvalue weighted by atomic mass is 19.4. The van der Waals surface area contributed by atoms with E-state index < -0.39 is 23.7 Å². The van der Waals surface area contributed by atoms with Crippen molar-refractivity contribution < 1.29 is 32.5 Å². The summed E-state index contributed by atoms with van der Waals surface area (Å²) in [5, 5.41) is 3.84. The molecule has 1 amide bonds. The van der Waals surface area contributed by atoms with E-state index in [1.54, 1.807) is 24.4 Å². The number of benzene rings is 1. The Morgan fingerprint density at radius 1 is 1.07 bits per heavy atom. The number of aromatic nitrogens is 1. The first-order chi connectivity index (χ1) is 12.7. The molecule has 27 heavy (non-hydrogen) atoms. The van der Waals surface area contributed by atoms with Gasteiger partial charge in [-0.15, -0.1) is 0 Å². The van der Waals surface area contributed by atoms with Crippen molar-refractivity contribution in [2.75, 3.05) is 11.9 Å². The molecule has 0 aliphatic rings. The second-order valence-corrected chi connectivity index (χ2v) is 5.66. The highest BCUT2D eigenvalue weighted by Crippen LogP contribution is 2.32. The molecular weight excluding hydrogens is 363 g/mol. The van der Waals surface area contributed by atoms with Gasteiger partial charge in [0.25, 0.3) is 11.7 Å². The standard InChI is InChI=1S/C18H18F3N3O3/c1-3-27-16(26)17(18(19,20)21,23-14-11-7-8-12(2)22-14)24-15(25)13-9-5-4-6-10-13/h4-11H,3H2,1-2H3,(H,22,23)(H,24,25)/p+1/t17-/m1/s1. The summed E-state index contributed by atoms with van der Waals surface area (Å²) in [6.07, 6.45) is -5.19. The Labute approximate surface area is 153 Å². The zero-order valence-electron chi connectivity index (χ0n) is 14.7. The molecule has 0 saturated heterocycles. The minimum Gasteiger partial charge on any atom is -0.461 e. The molecule has 0 bridgehead atoms. The van der Waals surface area contributed by atoms with E-state index in [1.165, 1.54) is 43.3 Å². The van der Waals surface area contributed by atoms with Gasteiger partial charge in [-0.3, -0.25) is 10.1 Å². The van der Waals surface area contributed by atoms with Gasteiger partial charge in [0.05, 0.1) is 12.3 Å². The van der Waals surface area contributed by atoms with Gasteiger partial charge < -0.3 is 4.74 Å². The average molecular weight is 382 g/mol. The molecule has 1 aromatic carbocycles. The molecule has 2 rings (SSSR count). The normalized spacial score (nSPS) is 13.4. The van der Waals surface area contributed by atoms with Gasteiger partial charge in [0.1, 0.15) is 0 Å². The summed E-state index contributed by atoms with van der Waals surface area (Å²) in [6, 6.07) is 11.7. The molecular formula is C18H19F3N3O3+. The first kappa shape index (κ1) is 20.2. The number of aryl methyl sites for hydroxylation is 1. The number of aromatic amines is 1. The van der Waals surface area contributed by atoms with Crippen molar-refractivity contribution in [3.63, 3.8) is 0 Å². The molecule has 0 unspecified atom stereocenters. The minimum atomic E-state index is -5.19. The summed E-state index contributed by atoms with van der Waals surface area (Å²) in [4.78, 5) is 27.4. The third-order valence-corrected chi connectivity index (χ3v) is 3.61. The number of hydrogen-bond acceptors (Lipinski definition) is 4. The predicted molar refractivity (Wildman–Crippen MR) is 90.7 cm³/mol. The summed E-state index contributed by atoms with van der Waals surface area (Å²) in [5.41, 5.74) is -2.96. The minimum absolute atomic E-state index is 0.0366. The molecule has 2 aromatic rings. The van der Waals surface area contributed by atoms with Crippen molar-refractivity contribution in [1.29, 1.82) is 0 Å². The number of pyridine rings is 1. The van der Waals surface area contributed by atoms with Gasteiger partial charge in [0, 0.05) is 11.6 Å². The topological polar surface area (TPSA) is 81.6 Å². The van der Waals surface area contributed by atoms with Crippen LogP contribution in [-0.4, -0.2) is 30.3 Å². The van der Waals surface area contributed by atoms with Crippen molar-refractivity contribution in [3.8, 4) is 0 Å². The fourth-order valence-corrected chi connectivity index (χ4v) is 2.32. The highest BCUT2D eigenvalue weighted by molar-refractivity contribution is 5.99. The first-order valence-electron chi connectivity index (χ1n) is 8.08. The summed E-state index contributed by atoms with van der Waals surface area (Å²) in [7, 11) is 0. The van der Waals surface area contributed by atoms with E-state index in [1.807, 2.05) is 0 Å². The van der Waals surface area contributed by atoms with Crippen molar-refractivity contribution in [2.24, 2.45) is 0 Å². The lowest BCUT2D eigenvalue weighted by atomic mass is 10.1. The maximum atomic E-state index is 14.0. The average Bonchev–Trinajstić information content (AvgIpc) is 2.61. The van der Waals surface area contributed by atoms with Crippen molar-refractivity contribution in [2.45, 2.75) is 25.7 Å². The molecule has 0 spiro atoms. The summed E-state index contributed by atoms with van der Waals surface area (Å²) < 4.78 is 46.7. The summed E-state index contributed by atoms with van der Waals surface area (Å²) in [5.74, 6) is -2.87. The molecule has 1 atom stereocenters. The summed E-state index contributed by atoms with van der Waals surface area (Å²) >= 11 is 0. The van der Waals surface area contributed by atoms with E-state index in [-0.39, 0.29) is 18.0 Å². The van der Waals surface area contributed by atoms with Crippen LogP contribution in [0.2, 0.25) is 0 Å². The van der Waals surface area contributed by atoms with Gasteiger partial charge in [-0.25, -0.2) is 15.1 Å². The van der Waals surface area contributed by atoms with Gasteiger partial charge in [-0.2, -0.15) is 13.2 Å². The molecule has 1 heterocycles. The van der Waals surface area contributed by atoms with Crippen LogP contribution < -0.4 is 15.6 Å². The Morgan fingerprint density at radius 3 is 2.30 bits per heavy atom. The van der Waals surface area contributed by atoms with Crippen LogP contribution >= 0.6 is 0 Å². The lowest BCUT2D eigenvalue weighted by Gasteiger charge is -2.30. The lowest BCUT2D eigenvalue weighted by Crippen LogP contribution is -2.69. The number of rotatable bonds is 6. The van der Waals surface area contributed by atoms with Crippen molar-refractivity contribution in [3.05, 3.63) is 59.8 Å². The third kappa shape index (κ3) is 4.55. The summed E-state index contributed by atoms with van der Waals surface area (Å²) in [6.45, 7) is 2.71. The van der Waals surface area contributed by atoms with Gasteiger partial charge in [-0.1, -0.05) is 24.3 Å². The third-order valence-electron chi connectivity index (χ3n) is 3.61. The Hall–Kier alpha value is -3.10. The number of hydrogen-bond donors (Lipinski definition) is 2. The van der Waals surface area contributed by atoms with Crippen LogP contribution in [0.1, 0.15) is 23.0 Å². The monoisotopic (exact) mass is 382 g/mol. The van der Waals surface area contributed by atoms with Crippen LogP contribution in [0.3, 0.4) is 0 Å². The molecule has 0 fully saturated rings. The van der Waals surface area contributed by atoms with Crippen LogP contribution in [0.4, 0.5) is 19.0 Å². The van der Waals surface area contributed by atoms with E-state index in [0.717, 1.165) is 0 Å². The molecule has 6 nitrogen and oxygen atoms in total. The Kier molecular flexibility index (Phi) is 6.04. The molecule has 1 aromatic heterocycles. The number of nitrogens with one attached hydrogen (secondary N) is 3. The van der Waals surface area contributed by atoms with Crippen LogP contribution in [0, 0.1) is 6.92 Å². The van der Waals surface area contributed by atoms with Crippen LogP contribution in [0.25, 0.3) is 0 Å². The fraction of sp³-hybridized carbons (Fsp3) is 0.278. The number of halogens is 3. The molecule has 0 saturated carbocycles. The van der Waals surface area contributed by atoms with Crippen molar-refractivity contribution >= 4 is 17.7 Å². The van der Waals surface area contributed by atoms with E-state index in [2.05, 4.69) is 15.0 Å². The molecule has 9 heteroatoms. The van der Waals surface area contributed by atoms with Crippen LogP contribution in [0.15, 0.2) is 48.5 Å². The molecule has 3 N–H and O–H groups in total. The molecule has 0 radical (unpaired) electrons. The van der Waals surface area contributed by atoms with E-state index in [4.69, 9.17) is 0 Å². The molecule has 0 aliphatic carbocycles. The van der Waals surface area contributed by atoms with Gasteiger partial charge in [0.15, 0.2) is 0 Å². The number of carbonyl (C=O) groups is 2. The van der Waals surface area contributed by atoms with E-state index >= 15 is 0 Å². The van der Waals surface area contributed by atoms with Gasteiger partial charge >= 0.3 is 17.8 Å². The number of esters is 1. The zero-order valence-corrected chi connectivity index (χ0v) is 14.7. The van der Waals surface area contributed by atoms with Crippen LogP contribution in [-0.2, 0) is 9.53 Å². The molecule has 144 valence electrons. The van der Waals surface area contributed by atoms with E-state index in [0.29, 0.717) is 5.69 Å². The molecule has 0 aliphatic heterocycles. The predicted octanol–water partition coefficient (Wildman–Crippen LogP) is 2.47. The maximum absolute atomic E-state index is 14.0. The second-order valence-electron chi connectivity index (χ2n) is 5.66. The Bertz CT molecular complexity index is 812. The second kappa shape index (κ2) is 8.07.